The van der Waals surface area contributed by atoms with Crippen LogP contribution >= 0.6 is 0 Å². The van der Waals surface area contributed by atoms with Crippen LogP contribution in [0.3, 0.4) is 0 Å². The van der Waals surface area contributed by atoms with Gasteiger partial charge in [-0.25, -0.2) is 4.57 Å². The molecule has 186 valence electrons. The van der Waals surface area contributed by atoms with Gasteiger partial charge in [0, 0.05) is 29.1 Å². The Labute approximate surface area is 212 Å². The standard InChI is InChI=1S/C26H24N8O3/c1-16(31-32-26(27)28)17-3-7-20(8-4-17)30-25(35)18-5-9-19(10-6-18)29-23-13-14-33(2)24-15-21(34(36)37)11-12-22(23)24/h3-15H,1-2H3,(H5,27,28,30,31,32,35)/p+1. The molecule has 6 N–H and O–H groups in total. The summed E-state index contributed by atoms with van der Waals surface area (Å²) in [5.41, 5.74) is 15.4. The number of non-ortho nitro benzene ring substituents is 1. The lowest BCUT2D eigenvalue weighted by atomic mass is 10.1. The topological polar surface area (TPSA) is 165 Å². The molecular weight excluding hydrogens is 472 g/mol. The third kappa shape index (κ3) is 5.85. The number of guanidine groups is 1. The number of nitro benzene ring substituents is 1. The van der Waals surface area contributed by atoms with Crippen molar-refractivity contribution >= 4 is 51.2 Å². The first-order valence-corrected chi connectivity index (χ1v) is 11.2. The molecule has 1 amide bonds. The van der Waals surface area contributed by atoms with Crippen molar-refractivity contribution in [2.75, 3.05) is 10.6 Å². The van der Waals surface area contributed by atoms with Crippen molar-refractivity contribution in [3.63, 3.8) is 0 Å². The van der Waals surface area contributed by atoms with Crippen molar-refractivity contribution < 1.29 is 14.3 Å². The van der Waals surface area contributed by atoms with Gasteiger partial charge < -0.3 is 22.1 Å². The van der Waals surface area contributed by atoms with Gasteiger partial charge in [0.1, 0.15) is 7.05 Å². The number of anilines is 3. The van der Waals surface area contributed by atoms with Gasteiger partial charge in [-0.15, -0.1) is 5.10 Å². The average molecular weight is 498 g/mol. The van der Waals surface area contributed by atoms with Gasteiger partial charge in [-0.2, -0.15) is 5.10 Å². The summed E-state index contributed by atoms with van der Waals surface area (Å²) in [7, 11) is 1.83. The number of aryl methyl sites for hydroxylation is 1. The first-order valence-electron chi connectivity index (χ1n) is 11.2. The van der Waals surface area contributed by atoms with E-state index in [1.807, 2.05) is 36.0 Å². The van der Waals surface area contributed by atoms with Crippen LogP contribution < -0.4 is 26.7 Å². The quantitative estimate of drug-likeness (QED) is 0.100. The molecule has 0 aliphatic rings. The predicted molar refractivity (Wildman–Crippen MR) is 144 cm³/mol. The largest absolute Gasteiger partial charge is 0.369 e. The van der Waals surface area contributed by atoms with E-state index >= 15 is 0 Å². The van der Waals surface area contributed by atoms with Crippen LogP contribution in [-0.4, -0.2) is 22.5 Å². The minimum absolute atomic E-state index is 0.0273. The van der Waals surface area contributed by atoms with Crippen LogP contribution in [0.1, 0.15) is 22.8 Å². The van der Waals surface area contributed by atoms with Crippen LogP contribution in [0.15, 0.2) is 89.2 Å². The van der Waals surface area contributed by atoms with Gasteiger partial charge in [0.2, 0.25) is 11.5 Å². The van der Waals surface area contributed by atoms with Crippen LogP contribution in [0.5, 0.6) is 0 Å². The number of nitro groups is 1. The molecule has 0 saturated heterocycles. The van der Waals surface area contributed by atoms with Gasteiger partial charge in [-0.05, 0) is 55.0 Å². The number of hydrogen-bond acceptors (Lipinski definition) is 6. The highest BCUT2D eigenvalue weighted by Crippen LogP contribution is 2.27. The maximum atomic E-state index is 12.7. The summed E-state index contributed by atoms with van der Waals surface area (Å²) in [6.45, 7) is 1.78. The molecule has 11 heteroatoms. The summed E-state index contributed by atoms with van der Waals surface area (Å²) in [6, 6.07) is 20.8. The summed E-state index contributed by atoms with van der Waals surface area (Å²) < 4.78 is 1.82. The Morgan fingerprint density at radius 1 is 0.919 bits per heavy atom. The lowest BCUT2D eigenvalue weighted by Crippen LogP contribution is -2.28. The number of pyridine rings is 1. The Morgan fingerprint density at radius 2 is 1.57 bits per heavy atom. The number of carbonyl (C=O) groups excluding carboxylic acids is 1. The fourth-order valence-electron chi connectivity index (χ4n) is 3.67. The average Bonchev–Trinajstić information content (AvgIpc) is 2.89. The molecule has 1 aromatic heterocycles. The zero-order chi connectivity index (χ0) is 26.5. The molecule has 1 heterocycles. The number of rotatable bonds is 7. The Bertz CT molecular complexity index is 1540. The second-order valence-electron chi connectivity index (χ2n) is 8.24. The second kappa shape index (κ2) is 10.5. The Kier molecular flexibility index (Phi) is 7.05. The Hall–Kier alpha value is -5.32. The number of aromatic nitrogens is 1. The van der Waals surface area contributed by atoms with Gasteiger partial charge in [-0.3, -0.25) is 14.9 Å². The minimum Gasteiger partial charge on any atom is -0.369 e. The molecule has 0 unspecified atom stereocenters. The first kappa shape index (κ1) is 24.8. The molecule has 0 radical (unpaired) electrons. The second-order valence-corrected chi connectivity index (χ2v) is 8.24. The third-order valence-corrected chi connectivity index (χ3v) is 5.63. The van der Waals surface area contributed by atoms with Gasteiger partial charge in [0.25, 0.3) is 11.6 Å². The smallest absolute Gasteiger partial charge is 0.276 e. The number of carbonyl (C=O) groups is 1. The molecule has 0 atom stereocenters. The molecule has 37 heavy (non-hydrogen) atoms. The molecule has 3 aromatic carbocycles. The molecule has 4 rings (SSSR count). The fourth-order valence-corrected chi connectivity index (χ4v) is 3.67. The number of amides is 1. The van der Waals surface area contributed by atoms with Gasteiger partial charge in [-0.1, -0.05) is 12.1 Å². The number of nitrogens with two attached hydrogens (primary N) is 2. The maximum Gasteiger partial charge on any atom is 0.276 e. The number of benzene rings is 3. The van der Waals surface area contributed by atoms with E-state index in [1.54, 1.807) is 55.5 Å². The highest BCUT2D eigenvalue weighted by Gasteiger charge is 2.15. The van der Waals surface area contributed by atoms with Gasteiger partial charge in [0.05, 0.1) is 27.8 Å². The Balaban J connectivity index is 1.46. The van der Waals surface area contributed by atoms with Crippen molar-refractivity contribution in [3.8, 4) is 0 Å². The third-order valence-electron chi connectivity index (χ3n) is 5.63. The van der Waals surface area contributed by atoms with Crippen LogP contribution in [0.4, 0.5) is 22.7 Å². The summed E-state index contributed by atoms with van der Waals surface area (Å²) in [5, 5.41) is 25.7. The molecule has 0 saturated carbocycles. The minimum atomic E-state index is -0.415. The van der Waals surface area contributed by atoms with E-state index in [4.69, 9.17) is 11.5 Å². The number of nitrogens with zero attached hydrogens (tertiary/aromatic N) is 4. The van der Waals surface area contributed by atoms with Gasteiger partial charge in [0.15, 0.2) is 6.20 Å². The number of nitrogens with one attached hydrogen (secondary N) is 2. The highest BCUT2D eigenvalue weighted by atomic mass is 16.6. The van der Waals surface area contributed by atoms with Crippen molar-refractivity contribution in [2.24, 2.45) is 28.7 Å². The predicted octanol–water partition coefficient (Wildman–Crippen LogP) is 3.57. The molecule has 0 spiro atoms. The SMILES string of the molecule is C/C(=N\N=C(N)N)c1ccc(NC(=O)c2ccc(Nc3cc[n+](C)c4cc([N+](=O)[O-])ccc34)cc2)cc1. The zero-order valence-electron chi connectivity index (χ0n) is 20.2. The molecule has 0 aliphatic heterocycles. The van der Waals surface area contributed by atoms with Crippen molar-refractivity contribution in [1.82, 2.24) is 0 Å². The van der Waals surface area contributed by atoms with E-state index in [0.717, 1.165) is 27.8 Å². The monoisotopic (exact) mass is 497 g/mol. The normalized spacial score (nSPS) is 11.1. The van der Waals surface area contributed by atoms with Crippen LogP contribution in [-0.2, 0) is 7.05 Å². The zero-order valence-corrected chi connectivity index (χ0v) is 20.2. The van der Waals surface area contributed by atoms with Crippen LogP contribution in [0.2, 0.25) is 0 Å². The van der Waals surface area contributed by atoms with Gasteiger partial charge >= 0.3 is 0 Å². The fraction of sp³-hybridized carbons (Fsp3) is 0.0769. The van der Waals surface area contributed by atoms with E-state index < -0.39 is 4.92 Å². The van der Waals surface area contributed by atoms with Crippen molar-refractivity contribution in [2.45, 2.75) is 6.92 Å². The molecule has 4 aromatic rings. The van der Waals surface area contributed by atoms with E-state index in [9.17, 15) is 14.9 Å². The number of fused-ring (bicyclic) bond motifs is 1. The maximum absolute atomic E-state index is 12.7. The van der Waals surface area contributed by atoms with E-state index in [1.165, 1.54) is 6.07 Å². The molecule has 0 fully saturated rings. The van der Waals surface area contributed by atoms with E-state index in [0.29, 0.717) is 17.0 Å². The van der Waals surface area contributed by atoms with Crippen molar-refractivity contribution in [3.05, 3.63) is 100 Å². The molecule has 0 aliphatic carbocycles. The van der Waals surface area contributed by atoms with Crippen LogP contribution in [0, 0.1) is 10.1 Å². The highest BCUT2D eigenvalue weighted by molar-refractivity contribution is 6.05. The van der Waals surface area contributed by atoms with E-state index in [2.05, 4.69) is 20.8 Å². The lowest BCUT2D eigenvalue weighted by Gasteiger charge is -2.10. The van der Waals surface area contributed by atoms with Crippen LogP contribution in [0.25, 0.3) is 10.9 Å². The molecule has 0 bridgehead atoms. The number of hydrogen-bond donors (Lipinski definition) is 4. The lowest BCUT2D eigenvalue weighted by molar-refractivity contribution is -0.644. The summed E-state index contributed by atoms with van der Waals surface area (Å²) >= 11 is 0. The Morgan fingerprint density at radius 3 is 2.22 bits per heavy atom. The summed E-state index contributed by atoms with van der Waals surface area (Å²) in [5.74, 6) is -0.378. The first-order chi connectivity index (χ1) is 17.7. The summed E-state index contributed by atoms with van der Waals surface area (Å²) in [4.78, 5) is 23.5. The molecular formula is C26H25N8O3+. The van der Waals surface area contributed by atoms with Crippen molar-refractivity contribution in [1.29, 1.82) is 0 Å². The van der Waals surface area contributed by atoms with E-state index in [-0.39, 0.29) is 17.6 Å². The summed E-state index contributed by atoms with van der Waals surface area (Å²) in [6.07, 6.45) is 1.83. The molecule has 11 nitrogen and oxygen atoms in total.